The van der Waals surface area contributed by atoms with Gasteiger partial charge in [-0.15, -0.1) is 0 Å². The molecule has 2 rings (SSSR count). The van der Waals surface area contributed by atoms with Crippen LogP contribution in [0.15, 0.2) is 36.4 Å². The highest BCUT2D eigenvalue weighted by molar-refractivity contribution is 5.96. The Morgan fingerprint density at radius 1 is 0.850 bits per heavy atom. The van der Waals surface area contributed by atoms with E-state index in [1.807, 2.05) is 18.2 Å². The molecular formula is C19H22O. The number of carbonyl (C=O) groups excluding carboxylic acids is 1. The van der Waals surface area contributed by atoms with Crippen LogP contribution in [0.1, 0.15) is 44.6 Å². The number of carbonyl (C=O) groups is 1. The molecule has 0 bridgehead atoms. The minimum Gasteiger partial charge on any atom is -0.294 e. The van der Waals surface area contributed by atoms with Crippen LogP contribution in [0.2, 0.25) is 0 Å². The van der Waals surface area contributed by atoms with Crippen molar-refractivity contribution in [2.45, 2.75) is 40.5 Å². The number of aryl methyl sites for hydroxylation is 5. The second kappa shape index (κ2) is 6.04. The van der Waals surface area contributed by atoms with E-state index in [4.69, 9.17) is 0 Å². The Kier molecular flexibility index (Phi) is 4.39. The van der Waals surface area contributed by atoms with E-state index in [0.29, 0.717) is 6.42 Å². The predicted octanol–water partition coefficient (Wildman–Crippen LogP) is 4.74. The largest absolute Gasteiger partial charge is 0.294 e. The van der Waals surface area contributed by atoms with Gasteiger partial charge in [-0.1, -0.05) is 35.9 Å². The van der Waals surface area contributed by atoms with Crippen LogP contribution in [-0.4, -0.2) is 5.78 Å². The molecule has 2 aromatic rings. The van der Waals surface area contributed by atoms with Gasteiger partial charge >= 0.3 is 0 Å². The van der Waals surface area contributed by atoms with Gasteiger partial charge in [-0.05, 0) is 62.4 Å². The van der Waals surface area contributed by atoms with E-state index in [-0.39, 0.29) is 5.78 Å². The van der Waals surface area contributed by atoms with Gasteiger partial charge in [0.05, 0.1) is 0 Å². The second-order valence-corrected chi connectivity index (χ2v) is 5.65. The number of rotatable bonds is 4. The van der Waals surface area contributed by atoms with Crippen molar-refractivity contribution in [3.8, 4) is 0 Å². The maximum Gasteiger partial charge on any atom is 0.163 e. The Hall–Kier alpha value is -1.89. The molecule has 0 saturated carbocycles. The van der Waals surface area contributed by atoms with Crippen LogP contribution in [-0.2, 0) is 6.42 Å². The molecule has 1 nitrogen and oxygen atoms in total. The van der Waals surface area contributed by atoms with Crippen molar-refractivity contribution in [2.75, 3.05) is 0 Å². The highest BCUT2D eigenvalue weighted by Gasteiger charge is 2.08. The zero-order valence-corrected chi connectivity index (χ0v) is 12.8. The number of Topliss-reactive ketones (excluding diaryl/α,β-unsaturated/α-hetero) is 1. The first kappa shape index (κ1) is 14.5. The van der Waals surface area contributed by atoms with Crippen LogP contribution in [0.25, 0.3) is 0 Å². The first-order valence-electron chi connectivity index (χ1n) is 7.14. The van der Waals surface area contributed by atoms with E-state index in [2.05, 4.69) is 45.9 Å². The summed E-state index contributed by atoms with van der Waals surface area (Å²) in [6.45, 7) is 8.32. The lowest BCUT2D eigenvalue weighted by atomic mass is 9.97. The Labute approximate surface area is 121 Å². The third kappa shape index (κ3) is 3.36. The fourth-order valence-electron chi connectivity index (χ4n) is 2.38. The first-order valence-corrected chi connectivity index (χ1v) is 7.14. The highest BCUT2D eigenvalue weighted by Crippen LogP contribution is 2.16. The van der Waals surface area contributed by atoms with Crippen LogP contribution in [0, 0.1) is 27.7 Å². The van der Waals surface area contributed by atoms with E-state index in [1.165, 1.54) is 27.8 Å². The summed E-state index contributed by atoms with van der Waals surface area (Å²) in [5.74, 6) is 0.231. The van der Waals surface area contributed by atoms with Crippen LogP contribution >= 0.6 is 0 Å². The quantitative estimate of drug-likeness (QED) is 0.731. The van der Waals surface area contributed by atoms with Crippen LogP contribution in [0.5, 0.6) is 0 Å². The fraction of sp³-hybridized carbons (Fsp3) is 0.316. The van der Waals surface area contributed by atoms with E-state index in [9.17, 15) is 4.79 Å². The summed E-state index contributed by atoms with van der Waals surface area (Å²) < 4.78 is 0. The number of ketones is 1. The average Bonchev–Trinajstić information content (AvgIpc) is 2.42. The van der Waals surface area contributed by atoms with E-state index < -0.39 is 0 Å². The molecule has 0 unspecified atom stereocenters. The van der Waals surface area contributed by atoms with Crippen LogP contribution in [0.4, 0.5) is 0 Å². The van der Waals surface area contributed by atoms with Gasteiger partial charge < -0.3 is 0 Å². The smallest absolute Gasteiger partial charge is 0.163 e. The standard InChI is InChI=1S/C19H22O/c1-13-5-6-15(3)17(11-13)9-10-19(20)18-8-7-14(2)16(4)12-18/h5-8,11-12H,9-10H2,1-4H3. The van der Waals surface area contributed by atoms with Gasteiger partial charge in [0.15, 0.2) is 5.78 Å². The normalized spacial score (nSPS) is 10.6. The molecule has 20 heavy (non-hydrogen) atoms. The van der Waals surface area contributed by atoms with E-state index >= 15 is 0 Å². The summed E-state index contributed by atoms with van der Waals surface area (Å²) in [6, 6.07) is 12.4. The predicted molar refractivity (Wildman–Crippen MR) is 84.5 cm³/mol. The van der Waals surface area contributed by atoms with Crippen molar-refractivity contribution in [2.24, 2.45) is 0 Å². The van der Waals surface area contributed by atoms with Gasteiger partial charge in [0.1, 0.15) is 0 Å². The molecule has 0 N–H and O–H groups in total. The maximum absolute atomic E-state index is 12.3. The van der Waals surface area contributed by atoms with Crippen molar-refractivity contribution in [3.63, 3.8) is 0 Å². The number of benzene rings is 2. The zero-order chi connectivity index (χ0) is 14.7. The van der Waals surface area contributed by atoms with Crippen molar-refractivity contribution >= 4 is 5.78 Å². The monoisotopic (exact) mass is 266 g/mol. The third-order valence-electron chi connectivity index (χ3n) is 3.95. The van der Waals surface area contributed by atoms with Gasteiger partial charge in [0.25, 0.3) is 0 Å². The van der Waals surface area contributed by atoms with Crippen LogP contribution < -0.4 is 0 Å². The van der Waals surface area contributed by atoms with Gasteiger partial charge in [0.2, 0.25) is 0 Å². The molecule has 0 heterocycles. The summed E-state index contributed by atoms with van der Waals surface area (Å²) in [4.78, 5) is 12.3. The van der Waals surface area contributed by atoms with Gasteiger partial charge in [0, 0.05) is 12.0 Å². The lowest BCUT2D eigenvalue weighted by molar-refractivity contribution is 0.0982. The Bertz CT molecular complexity index is 638. The van der Waals surface area contributed by atoms with E-state index in [1.54, 1.807) is 0 Å². The molecule has 0 saturated heterocycles. The average molecular weight is 266 g/mol. The summed E-state index contributed by atoms with van der Waals surface area (Å²) in [7, 11) is 0. The maximum atomic E-state index is 12.3. The summed E-state index contributed by atoms with van der Waals surface area (Å²) in [6.07, 6.45) is 1.39. The SMILES string of the molecule is Cc1ccc(C)c(CCC(=O)c2ccc(C)c(C)c2)c1. The minimum atomic E-state index is 0.231. The van der Waals surface area contributed by atoms with Crippen molar-refractivity contribution in [1.82, 2.24) is 0 Å². The zero-order valence-electron chi connectivity index (χ0n) is 12.8. The molecule has 2 aromatic carbocycles. The topological polar surface area (TPSA) is 17.1 Å². The van der Waals surface area contributed by atoms with Crippen molar-refractivity contribution in [3.05, 3.63) is 69.8 Å². The molecule has 0 radical (unpaired) electrons. The lowest BCUT2D eigenvalue weighted by Crippen LogP contribution is -2.03. The van der Waals surface area contributed by atoms with Crippen molar-refractivity contribution < 1.29 is 4.79 Å². The Morgan fingerprint density at radius 2 is 1.55 bits per heavy atom. The molecule has 0 atom stereocenters. The molecular weight excluding hydrogens is 244 g/mol. The van der Waals surface area contributed by atoms with Crippen LogP contribution in [0.3, 0.4) is 0 Å². The second-order valence-electron chi connectivity index (χ2n) is 5.65. The minimum absolute atomic E-state index is 0.231. The fourth-order valence-corrected chi connectivity index (χ4v) is 2.38. The summed E-state index contributed by atoms with van der Waals surface area (Å²) in [5, 5.41) is 0. The molecule has 0 aromatic heterocycles. The molecule has 1 heteroatoms. The summed E-state index contributed by atoms with van der Waals surface area (Å²) in [5.41, 5.74) is 7.05. The Morgan fingerprint density at radius 3 is 2.25 bits per heavy atom. The molecule has 0 aliphatic carbocycles. The molecule has 0 spiro atoms. The highest BCUT2D eigenvalue weighted by atomic mass is 16.1. The van der Waals surface area contributed by atoms with E-state index in [0.717, 1.165) is 12.0 Å². The molecule has 0 fully saturated rings. The number of hydrogen-bond donors (Lipinski definition) is 0. The number of hydrogen-bond acceptors (Lipinski definition) is 1. The Balaban J connectivity index is 2.08. The first-order chi connectivity index (χ1) is 9.47. The summed E-state index contributed by atoms with van der Waals surface area (Å²) >= 11 is 0. The van der Waals surface area contributed by atoms with Crippen molar-refractivity contribution in [1.29, 1.82) is 0 Å². The molecule has 0 aliphatic rings. The molecule has 0 amide bonds. The van der Waals surface area contributed by atoms with Gasteiger partial charge in [-0.2, -0.15) is 0 Å². The van der Waals surface area contributed by atoms with Gasteiger partial charge in [-0.25, -0.2) is 0 Å². The third-order valence-corrected chi connectivity index (χ3v) is 3.95. The lowest BCUT2D eigenvalue weighted by Gasteiger charge is -2.08. The molecule has 104 valence electrons. The molecule has 0 aliphatic heterocycles. The van der Waals surface area contributed by atoms with Gasteiger partial charge in [-0.3, -0.25) is 4.79 Å².